The van der Waals surface area contributed by atoms with Gasteiger partial charge in [0.25, 0.3) is 0 Å². The molecule has 0 N–H and O–H groups in total. The van der Waals surface area contributed by atoms with E-state index in [0.717, 1.165) is 5.56 Å². The molecule has 1 rings (SSSR count). The minimum Gasteiger partial charge on any atom is -0.420 e. The molecular formula is C12H15IO3. The topological polar surface area (TPSA) is 35.5 Å². The summed E-state index contributed by atoms with van der Waals surface area (Å²) in [6.07, 6.45) is -0.657. The summed E-state index contributed by atoms with van der Waals surface area (Å²) in [6.45, 7) is 5.87. The van der Waals surface area contributed by atoms with Gasteiger partial charge >= 0.3 is 6.16 Å². The number of rotatable bonds is 3. The Morgan fingerprint density at radius 1 is 1.25 bits per heavy atom. The molecule has 1 aromatic carbocycles. The van der Waals surface area contributed by atoms with Crippen LogP contribution < -0.4 is 4.74 Å². The largest absolute Gasteiger partial charge is 0.514 e. The Morgan fingerprint density at radius 3 is 2.44 bits per heavy atom. The highest BCUT2D eigenvalue weighted by atomic mass is 127. The molecule has 1 atom stereocenters. The number of ether oxygens (including phenoxy) is 2. The van der Waals surface area contributed by atoms with Crippen LogP contribution in [0, 0.1) is 0 Å². The van der Waals surface area contributed by atoms with Gasteiger partial charge in [-0.25, -0.2) is 4.79 Å². The number of benzene rings is 1. The summed E-state index contributed by atoms with van der Waals surface area (Å²) in [7, 11) is 0. The number of alkyl halides is 1. The van der Waals surface area contributed by atoms with Gasteiger partial charge in [0.1, 0.15) is 5.75 Å². The number of hydrogen-bond acceptors (Lipinski definition) is 3. The van der Waals surface area contributed by atoms with Gasteiger partial charge < -0.3 is 9.47 Å². The summed E-state index contributed by atoms with van der Waals surface area (Å²) in [5.41, 5.74) is 1.00. The van der Waals surface area contributed by atoms with Crippen LogP contribution in [0.5, 0.6) is 5.75 Å². The van der Waals surface area contributed by atoms with Gasteiger partial charge in [0.2, 0.25) is 0 Å². The second-order valence-corrected chi connectivity index (χ2v) is 5.46. The number of hydrogen-bond donors (Lipinski definition) is 0. The zero-order chi connectivity index (χ0) is 12.1. The lowest BCUT2D eigenvalue weighted by atomic mass is 10.0. The van der Waals surface area contributed by atoms with Crippen LogP contribution in [-0.4, -0.2) is 10.3 Å². The van der Waals surface area contributed by atoms with E-state index >= 15 is 0 Å². The molecule has 16 heavy (non-hydrogen) atoms. The highest BCUT2D eigenvalue weighted by Gasteiger charge is 2.13. The van der Waals surface area contributed by atoms with Crippen LogP contribution in [-0.2, 0) is 4.74 Å². The van der Waals surface area contributed by atoms with Crippen LogP contribution in [0.4, 0.5) is 4.79 Å². The average molecular weight is 334 g/mol. The van der Waals surface area contributed by atoms with Gasteiger partial charge in [0, 0.05) is 0 Å². The van der Waals surface area contributed by atoms with Crippen LogP contribution in [0.3, 0.4) is 0 Å². The summed E-state index contributed by atoms with van der Waals surface area (Å²) < 4.78 is 9.87. The van der Waals surface area contributed by atoms with E-state index in [-0.39, 0.29) is 4.11 Å². The van der Waals surface area contributed by atoms with Gasteiger partial charge in [0.15, 0.2) is 4.11 Å². The predicted molar refractivity (Wildman–Crippen MR) is 71.1 cm³/mol. The Labute approximate surface area is 109 Å². The molecule has 3 nitrogen and oxygen atoms in total. The minimum absolute atomic E-state index is 0.198. The molecule has 0 spiro atoms. The zero-order valence-corrected chi connectivity index (χ0v) is 11.7. The fourth-order valence-electron chi connectivity index (χ4n) is 1.30. The van der Waals surface area contributed by atoms with Crippen LogP contribution in [0.15, 0.2) is 24.3 Å². The van der Waals surface area contributed by atoms with E-state index in [0.29, 0.717) is 11.7 Å². The molecule has 0 aromatic heterocycles. The maximum atomic E-state index is 11.3. The third-order valence-corrected chi connectivity index (χ3v) is 2.25. The molecule has 0 aliphatic rings. The quantitative estimate of drug-likeness (QED) is 0.361. The second kappa shape index (κ2) is 6.08. The van der Waals surface area contributed by atoms with Gasteiger partial charge in [-0.15, -0.1) is 0 Å². The molecule has 0 radical (unpaired) electrons. The fourth-order valence-corrected chi connectivity index (χ4v) is 1.50. The monoisotopic (exact) mass is 334 g/mol. The van der Waals surface area contributed by atoms with Crippen molar-refractivity contribution in [2.75, 3.05) is 0 Å². The highest BCUT2D eigenvalue weighted by molar-refractivity contribution is 14.1. The predicted octanol–water partition coefficient (Wildman–Crippen LogP) is 4.11. The van der Waals surface area contributed by atoms with Crippen molar-refractivity contribution in [3.63, 3.8) is 0 Å². The van der Waals surface area contributed by atoms with Crippen molar-refractivity contribution in [3.8, 4) is 5.75 Å². The lowest BCUT2D eigenvalue weighted by Crippen LogP contribution is -2.14. The molecule has 1 unspecified atom stereocenters. The van der Waals surface area contributed by atoms with Crippen LogP contribution in [0.1, 0.15) is 32.3 Å². The Bertz CT molecular complexity index is 361. The molecule has 88 valence electrons. The van der Waals surface area contributed by atoms with Gasteiger partial charge in [-0.2, -0.15) is 0 Å². The first-order chi connectivity index (χ1) is 7.50. The number of carbonyl (C=O) groups is 1. The van der Waals surface area contributed by atoms with E-state index in [1.807, 2.05) is 40.8 Å². The van der Waals surface area contributed by atoms with Gasteiger partial charge in [-0.3, -0.25) is 0 Å². The van der Waals surface area contributed by atoms with Crippen molar-refractivity contribution in [1.82, 2.24) is 0 Å². The van der Waals surface area contributed by atoms with Crippen LogP contribution in [0.25, 0.3) is 0 Å². The molecule has 0 aliphatic carbocycles. The Hall–Kier alpha value is -0.780. The minimum atomic E-state index is -0.657. The SMILES string of the molecule is CC(I)OC(=O)Oc1ccccc1C(C)C. The molecule has 0 bridgehead atoms. The van der Waals surface area contributed by atoms with Crippen molar-refractivity contribution < 1.29 is 14.3 Å². The first-order valence-electron chi connectivity index (χ1n) is 5.12. The van der Waals surface area contributed by atoms with Gasteiger partial charge in [0.05, 0.1) is 0 Å². The van der Waals surface area contributed by atoms with Gasteiger partial charge in [-0.1, -0.05) is 32.0 Å². The third-order valence-electron chi connectivity index (χ3n) is 1.99. The first kappa shape index (κ1) is 13.3. The maximum Gasteiger partial charge on any atom is 0.514 e. The zero-order valence-electron chi connectivity index (χ0n) is 9.57. The van der Waals surface area contributed by atoms with E-state index in [1.54, 1.807) is 13.0 Å². The number of para-hydroxylation sites is 1. The molecule has 0 aliphatic heterocycles. The maximum absolute atomic E-state index is 11.3. The van der Waals surface area contributed by atoms with Crippen molar-refractivity contribution in [3.05, 3.63) is 29.8 Å². The summed E-state index contributed by atoms with van der Waals surface area (Å²) in [5.74, 6) is 0.876. The van der Waals surface area contributed by atoms with Crippen molar-refractivity contribution in [2.24, 2.45) is 0 Å². The van der Waals surface area contributed by atoms with E-state index < -0.39 is 6.16 Å². The molecule has 0 saturated heterocycles. The lowest BCUT2D eigenvalue weighted by Gasteiger charge is -2.12. The number of halogens is 1. The molecule has 0 amide bonds. The lowest BCUT2D eigenvalue weighted by molar-refractivity contribution is 0.0984. The summed E-state index contributed by atoms with van der Waals surface area (Å²) in [6, 6.07) is 7.48. The van der Waals surface area contributed by atoms with Crippen molar-refractivity contribution in [1.29, 1.82) is 0 Å². The Balaban J connectivity index is 2.77. The Kier molecular flexibility index (Phi) is 5.05. The van der Waals surface area contributed by atoms with Crippen molar-refractivity contribution in [2.45, 2.75) is 30.8 Å². The Morgan fingerprint density at radius 2 is 1.88 bits per heavy atom. The summed E-state index contributed by atoms with van der Waals surface area (Å²) in [4.78, 5) is 11.3. The summed E-state index contributed by atoms with van der Waals surface area (Å²) in [5, 5.41) is 0. The van der Waals surface area contributed by atoms with Crippen LogP contribution in [0.2, 0.25) is 0 Å². The normalized spacial score (nSPS) is 12.3. The van der Waals surface area contributed by atoms with Crippen molar-refractivity contribution >= 4 is 28.7 Å². The second-order valence-electron chi connectivity index (χ2n) is 3.71. The molecule has 0 fully saturated rings. The molecular weight excluding hydrogens is 319 g/mol. The van der Waals surface area contributed by atoms with Gasteiger partial charge in [-0.05, 0) is 47.1 Å². The van der Waals surface area contributed by atoms with E-state index in [1.165, 1.54) is 0 Å². The first-order valence-corrected chi connectivity index (χ1v) is 6.36. The highest BCUT2D eigenvalue weighted by Crippen LogP contribution is 2.26. The molecule has 0 saturated carbocycles. The smallest absolute Gasteiger partial charge is 0.420 e. The molecule has 0 heterocycles. The summed E-state index contributed by atoms with van der Waals surface area (Å²) >= 11 is 2.00. The van der Waals surface area contributed by atoms with E-state index in [4.69, 9.17) is 9.47 Å². The standard InChI is InChI=1S/C12H15IO3/c1-8(2)10-6-4-5-7-11(10)16-12(14)15-9(3)13/h4-9H,1-3H3. The molecule has 4 heteroatoms. The fraction of sp³-hybridized carbons (Fsp3) is 0.417. The third kappa shape index (κ3) is 4.00. The average Bonchev–Trinajstić information content (AvgIpc) is 2.16. The van der Waals surface area contributed by atoms with E-state index in [9.17, 15) is 4.79 Å². The molecule has 1 aromatic rings. The van der Waals surface area contributed by atoms with E-state index in [2.05, 4.69) is 13.8 Å². The number of carbonyl (C=O) groups excluding carboxylic acids is 1. The van der Waals surface area contributed by atoms with Crippen LogP contribution >= 0.6 is 22.6 Å².